The van der Waals surface area contributed by atoms with Gasteiger partial charge in [0.15, 0.2) is 14.2 Å². The third kappa shape index (κ3) is 5.23. The summed E-state index contributed by atoms with van der Waals surface area (Å²) < 4.78 is 37.9. The summed E-state index contributed by atoms with van der Waals surface area (Å²) in [6.07, 6.45) is 1.19. The second-order valence-corrected chi connectivity index (χ2v) is 11.5. The van der Waals surface area contributed by atoms with Crippen LogP contribution in [-0.2, 0) is 15.6 Å². The minimum atomic E-state index is -3.26. The summed E-state index contributed by atoms with van der Waals surface area (Å²) in [7, 11) is -3.26. The van der Waals surface area contributed by atoms with Gasteiger partial charge >= 0.3 is 0 Å². The Hall–Kier alpha value is -2.48. The number of thioether (sulfide) groups is 1. The predicted octanol–water partition coefficient (Wildman–Crippen LogP) is 6.62. The van der Waals surface area contributed by atoms with E-state index in [1.54, 1.807) is 59.5 Å². The van der Waals surface area contributed by atoms with Crippen LogP contribution in [0.5, 0.6) is 0 Å². The maximum atomic E-state index is 13.4. The Balaban J connectivity index is 1.70. The van der Waals surface area contributed by atoms with Gasteiger partial charge in [-0.25, -0.2) is 17.8 Å². The van der Waals surface area contributed by atoms with Crippen molar-refractivity contribution in [1.82, 2.24) is 4.98 Å². The minimum absolute atomic E-state index is 0.276. The molecule has 1 aromatic heterocycles. The molecule has 0 aliphatic carbocycles. The fourth-order valence-corrected chi connectivity index (χ4v) is 5.80. The smallest absolute Gasteiger partial charge is 0.175 e. The van der Waals surface area contributed by atoms with Crippen LogP contribution in [0.4, 0.5) is 4.39 Å². The van der Waals surface area contributed by atoms with Crippen molar-refractivity contribution in [1.29, 1.82) is 0 Å². The number of hydrogen-bond acceptors (Lipinski definition) is 5. The molecule has 0 radical (unpaired) electrons. The summed E-state index contributed by atoms with van der Waals surface area (Å²) in [6.45, 7) is 2.06. The summed E-state index contributed by atoms with van der Waals surface area (Å²) in [5.41, 5.74) is 4.91. The van der Waals surface area contributed by atoms with E-state index < -0.39 is 9.84 Å². The number of sulfone groups is 1. The Morgan fingerprint density at radius 1 is 0.903 bits per heavy atom. The molecule has 7 heteroatoms. The summed E-state index contributed by atoms with van der Waals surface area (Å²) >= 11 is 3.21. The van der Waals surface area contributed by atoms with Gasteiger partial charge in [-0.3, -0.25) is 0 Å². The van der Waals surface area contributed by atoms with Crippen LogP contribution in [0.25, 0.3) is 21.7 Å². The highest BCUT2D eigenvalue weighted by atomic mass is 32.2. The van der Waals surface area contributed by atoms with Crippen LogP contribution in [0, 0.1) is 12.7 Å². The molecule has 4 aromatic rings. The molecule has 0 unspecified atom stereocenters. The van der Waals surface area contributed by atoms with Crippen molar-refractivity contribution >= 4 is 32.9 Å². The summed E-state index contributed by atoms with van der Waals surface area (Å²) in [4.78, 5) is 6.04. The molecule has 3 nitrogen and oxygen atoms in total. The van der Waals surface area contributed by atoms with Crippen molar-refractivity contribution < 1.29 is 12.8 Å². The highest BCUT2D eigenvalue weighted by molar-refractivity contribution is 8.00. The largest absolute Gasteiger partial charge is 0.229 e. The lowest BCUT2D eigenvalue weighted by molar-refractivity contribution is 0.602. The first kappa shape index (κ1) is 21.7. The first-order valence-corrected chi connectivity index (χ1v) is 13.2. The molecule has 0 spiro atoms. The SMILES string of the molecule is Cc1ccc(CSc2nc(-c3ccc(F)cc3)c(-c3ccc(S(C)(=O)=O)cc3)s2)cc1. The molecule has 3 aromatic carbocycles. The van der Waals surface area contributed by atoms with Crippen LogP contribution in [0.1, 0.15) is 11.1 Å². The van der Waals surface area contributed by atoms with E-state index in [4.69, 9.17) is 4.98 Å². The van der Waals surface area contributed by atoms with Crippen molar-refractivity contribution in [2.75, 3.05) is 6.26 Å². The lowest BCUT2D eigenvalue weighted by Crippen LogP contribution is -1.96. The Morgan fingerprint density at radius 3 is 2.13 bits per heavy atom. The molecule has 0 saturated carbocycles. The van der Waals surface area contributed by atoms with E-state index in [1.165, 1.54) is 29.5 Å². The van der Waals surface area contributed by atoms with E-state index in [2.05, 4.69) is 31.2 Å². The van der Waals surface area contributed by atoms with Crippen molar-refractivity contribution in [2.24, 2.45) is 0 Å². The molecule has 0 atom stereocenters. The van der Waals surface area contributed by atoms with Crippen LogP contribution in [0.3, 0.4) is 0 Å². The maximum Gasteiger partial charge on any atom is 0.175 e. The Kier molecular flexibility index (Phi) is 6.27. The minimum Gasteiger partial charge on any atom is -0.229 e. The molecule has 0 amide bonds. The van der Waals surface area contributed by atoms with Crippen LogP contribution < -0.4 is 0 Å². The van der Waals surface area contributed by atoms with E-state index in [1.807, 2.05) is 0 Å². The van der Waals surface area contributed by atoms with Crippen molar-refractivity contribution in [3.05, 3.63) is 89.7 Å². The monoisotopic (exact) mass is 469 g/mol. The fraction of sp³-hybridized carbons (Fsp3) is 0.125. The van der Waals surface area contributed by atoms with Gasteiger partial charge in [-0.2, -0.15) is 0 Å². The van der Waals surface area contributed by atoms with E-state index in [9.17, 15) is 12.8 Å². The fourth-order valence-electron chi connectivity index (χ4n) is 3.04. The second-order valence-electron chi connectivity index (χ2n) is 7.24. The average Bonchev–Trinajstić information content (AvgIpc) is 3.18. The highest BCUT2D eigenvalue weighted by Crippen LogP contribution is 2.41. The Morgan fingerprint density at radius 2 is 1.52 bits per heavy atom. The molecular formula is C24H20FNO2S3. The highest BCUT2D eigenvalue weighted by Gasteiger charge is 2.17. The standard InChI is InChI=1S/C24H20FNO2S3/c1-16-3-5-17(6-4-16)15-29-24-26-22(18-7-11-20(25)12-8-18)23(30-24)19-9-13-21(14-10-19)31(2,27)28/h3-14H,15H2,1-2H3. The lowest BCUT2D eigenvalue weighted by Gasteiger charge is -2.04. The molecule has 0 fully saturated rings. The maximum absolute atomic E-state index is 13.4. The van der Waals surface area contributed by atoms with E-state index in [-0.39, 0.29) is 10.7 Å². The van der Waals surface area contributed by atoms with Gasteiger partial charge in [0.05, 0.1) is 15.5 Å². The van der Waals surface area contributed by atoms with E-state index >= 15 is 0 Å². The number of thiazole rings is 1. The van der Waals surface area contributed by atoms with Gasteiger partial charge in [0.1, 0.15) is 5.82 Å². The van der Waals surface area contributed by atoms with Crippen LogP contribution >= 0.6 is 23.1 Å². The molecule has 31 heavy (non-hydrogen) atoms. The molecule has 1 heterocycles. The zero-order valence-corrected chi connectivity index (χ0v) is 19.5. The van der Waals surface area contributed by atoms with Crippen molar-refractivity contribution in [3.63, 3.8) is 0 Å². The van der Waals surface area contributed by atoms with E-state index in [0.29, 0.717) is 0 Å². The first-order valence-electron chi connectivity index (χ1n) is 9.55. The van der Waals surface area contributed by atoms with Gasteiger partial charge in [-0.05, 0) is 54.4 Å². The van der Waals surface area contributed by atoms with E-state index in [0.717, 1.165) is 31.8 Å². The molecule has 0 aliphatic heterocycles. The van der Waals surface area contributed by atoms with Gasteiger partial charge in [0.25, 0.3) is 0 Å². The summed E-state index contributed by atoms with van der Waals surface area (Å²) in [5.74, 6) is 0.496. The number of rotatable bonds is 6. The average molecular weight is 470 g/mol. The summed E-state index contributed by atoms with van der Waals surface area (Å²) in [6, 6.07) is 21.5. The van der Waals surface area contributed by atoms with Crippen LogP contribution in [-0.4, -0.2) is 19.7 Å². The zero-order chi connectivity index (χ0) is 22.0. The first-order chi connectivity index (χ1) is 14.8. The summed E-state index contributed by atoms with van der Waals surface area (Å²) in [5, 5.41) is 0. The Bertz CT molecular complexity index is 1290. The zero-order valence-electron chi connectivity index (χ0n) is 17.0. The molecular weight excluding hydrogens is 449 g/mol. The van der Waals surface area contributed by atoms with Crippen LogP contribution in [0.15, 0.2) is 82.0 Å². The predicted molar refractivity (Wildman–Crippen MR) is 127 cm³/mol. The van der Waals surface area contributed by atoms with Gasteiger partial charge in [-0.1, -0.05) is 53.7 Å². The lowest BCUT2D eigenvalue weighted by atomic mass is 10.1. The van der Waals surface area contributed by atoms with Gasteiger partial charge in [0, 0.05) is 17.6 Å². The Labute approximate surface area is 189 Å². The molecule has 0 N–H and O–H groups in total. The molecule has 0 saturated heterocycles. The molecule has 0 aliphatic rings. The third-order valence-electron chi connectivity index (χ3n) is 4.75. The molecule has 4 rings (SSSR count). The third-order valence-corrected chi connectivity index (χ3v) is 8.20. The van der Waals surface area contributed by atoms with Gasteiger partial charge < -0.3 is 0 Å². The topological polar surface area (TPSA) is 47.0 Å². The normalized spacial score (nSPS) is 11.6. The van der Waals surface area contributed by atoms with Crippen LogP contribution in [0.2, 0.25) is 0 Å². The van der Waals surface area contributed by atoms with Crippen molar-refractivity contribution in [2.45, 2.75) is 21.9 Å². The molecule has 158 valence electrons. The number of aromatic nitrogens is 1. The number of nitrogens with zero attached hydrogens (tertiary/aromatic N) is 1. The number of halogens is 1. The quantitative estimate of drug-likeness (QED) is 0.298. The van der Waals surface area contributed by atoms with Gasteiger partial charge in [0.2, 0.25) is 0 Å². The number of hydrogen-bond donors (Lipinski definition) is 0. The number of aryl methyl sites for hydroxylation is 1. The van der Waals surface area contributed by atoms with Crippen molar-refractivity contribution in [3.8, 4) is 21.7 Å². The molecule has 0 bridgehead atoms. The number of benzene rings is 3. The second kappa shape index (κ2) is 8.94. The van der Waals surface area contributed by atoms with Gasteiger partial charge in [-0.15, -0.1) is 11.3 Å².